The third-order valence-electron chi connectivity index (χ3n) is 3.97. The predicted molar refractivity (Wildman–Crippen MR) is 96.2 cm³/mol. The molecule has 1 heterocycles. The molecule has 2 aromatic rings. The number of carbonyl (C=O) groups is 1. The molecule has 120 valence electrons. The van der Waals surface area contributed by atoms with Crippen molar-refractivity contribution in [3.8, 4) is 0 Å². The van der Waals surface area contributed by atoms with Gasteiger partial charge < -0.3 is 15.5 Å². The second kappa shape index (κ2) is 5.95. The number of benzene rings is 2. The molecule has 1 aliphatic heterocycles. The van der Waals surface area contributed by atoms with E-state index in [0.29, 0.717) is 6.54 Å². The molecule has 23 heavy (non-hydrogen) atoms. The van der Waals surface area contributed by atoms with Gasteiger partial charge in [-0.15, -0.1) is 0 Å². The number of rotatable bonds is 3. The normalized spacial score (nSPS) is 15.5. The van der Waals surface area contributed by atoms with Crippen LogP contribution in [0.4, 0.5) is 17.1 Å². The highest BCUT2D eigenvalue weighted by atomic mass is 16.2. The van der Waals surface area contributed by atoms with Crippen LogP contribution in [0.5, 0.6) is 0 Å². The van der Waals surface area contributed by atoms with Crippen molar-refractivity contribution in [3.05, 3.63) is 54.1 Å². The van der Waals surface area contributed by atoms with Crippen molar-refractivity contribution in [1.29, 1.82) is 0 Å². The van der Waals surface area contributed by atoms with E-state index in [0.717, 1.165) is 23.6 Å². The zero-order chi connectivity index (χ0) is 16.4. The largest absolute Gasteiger partial charge is 0.377 e. The Labute approximate surface area is 137 Å². The van der Waals surface area contributed by atoms with Crippen molar-refractivity contribution in [1.82, 2.24) is 0 Å². The Hall–Kier alpha value is -2.49. The maximum atomic E-state index is 12.4. The molecule has 4 heteroatoms. The van der Waals surface area contributed by atoms with Crippen LogP contribution in [-0.4, -0.2) is 24.5 Å². The highest BCUT2D eigenvalue weighted by Crippen LogP contribution is 2.33. The summed E-state index contributed by atoms with van der Waals surface area (Å²) in [6, 6.07) is 16.0. The molecular weight excluding hydrogens is 286 g/mol. The fourth-order valence-corrected chi connectivity index (χ4v) is 2.97. The molecule has 0 unspecified atom stereocenters. The lowest BCUT2D eigenvalue weighted by Crippen LogP contribution is -2.50. The molecule has 0 spiro atoms. The van der Waals surface area contributed by atoms with Crippen LogP contribution < -0.4 is 15.5 Å². The lowest BCUT2D eigenvalue weighted by atomic mass is 9.99. The van der Waals surface area contributed by atoms with Crippen LogP contribution in [0.3, 0.4) is 0 Å². The van der Waals surface area contributed by atoms with Crippen LogP contribution in [-0.2, 0) is 4.79 Å². The monoisotopic (exact) mass is 309 g/mol. The third-order valence-corrected chi connectivity index (χ3v) is 3.97. The van der Waals surface area contributed by atoms with Crippen molar-refractivity contribution in [2.45, 2.75) is 26.3 Å². The maximum Gasteiger partial charge on any atom is 0.243 e. The number of hydrogen-bond acceptors (Lipinski definition) is 3. The molecule has 0 aliphatic carbocycles. The van der Waals surface area contributed by atoms with Gasteiger partial charge in [-0.2, -0.15) is 0 Å². The van der Waals surface area contributed by atoms with Gasteiger partial charge in [-0.05, 0) is 45.0 Å². The number of para-hydroxylation sites is 2. The van der Waals surface area contributed by atoms with Gasteiger partial charge in [-0.1, -0.05) is 29.8 Å². The fraction of sp³-hybridized carbons (Fsp3) is 0.316. The molecular formula is C19H23N3O. The summed E-state index contributed by atoms with van der Waals surface area (Å²) in [6.45, 7) is 7.45. The van der Waals surface area contributed by atoms with Gasteiger partial charge >= 0.3 is 0 Å². The third kappa shape index (κ3) is 3.65. The highest BCUT2D eigenvalue weighted by Gasteiger charge is 2.30. The maximum absolute atomic E-state index is 12.4. The standard InChI is InChI=1S/C19H23N3O/c1-14-8-10-15(11-9-14)20-18(23)12-22-13-19(2,3)21-16-6-4-5-7-17(16)22/h4-11,21H,12-13H2,1-3H3,(H,20,23). The smallest absolute Gasteiger partial charge is 0.243 e. The van der Waals surface area contributed by atoms with Crippen LogP contribution in [0.25, 0.3) is 0 Å². The van der Waals surface area contributed by atoms with Gasteiger partial charge in [-0.3, -0.25) is 4.79 Å². The van der Waals surface area contributed by atoms with E-state index < -0.39 is 0 Å². The van der Waals surface area contributed by atoms with Gasteiger partial charge in [-0.25, -0.2) is 0 Å². The van der Waals surface area contributed by atoms with E-state index in [4.69, 9.17) is 0 Å². The van der Waals surface area contributed by atoms with Crippen LogP contribution in [0, 0.1) is 6.92 Å². The molecule has 2 aromatic carbocycles. The van der Waals surface area contributed by atoms with Gasteiger partial charge in [0.05, 0.1) is 17.9 Å². The molecule has 0 atom stereocenters. The Bertz CT molecular complexity index is 707. The van der Waals surface area contributed by atoms with Gasteiger partial charge in [0.1, 0.15) is 0 Å². The molecule has 0 saturated heterocycles. The van der Waals surface area contributed by atoms with Gasteiger partial charge in [0.25, 0.3) is 0 Å². The molecule has 4 nitrogen and oxygen atoms in total. The summed E-state index contributed by atoms with van der Waals surface area (Å²) in [6.07, 6.45) is 0. The number of fused-ring (bicyclic) bond motifs is 1. The summed E-state index contributed by atoms with van der Waals surface area (Å²) < 4.78 is 0. The van der Waals surface area contributed by atoms with E-state index in [1.165, 1.54) is 5.56 Å². The molecule has 1 amide bonds. The zero-order valence-electron chi connectivity index (χ0n) is 13.9. The van der Waals surface area contributed by atoms with E-state index in [9.17, 15) is 4.79 Å². The Morgan fingerprint density at radius 3 is 2.61 bits per heavy atom. The molecule has 0 radical (unpaired) electrons. The predicted octanol–water partition coefficient (Wildman–Crippen LogP) is 3.64. The van der Waals surface area contributed by atoms with E-state index in [-0.39, 0.29) is 11.4 Å². The van der Waals surface area contributed by atoms with Gasteiger partial charge in [0.2, 0.25) is 5.91 Å². The molecule has 3 rings (SSSR count). The number of nitrogens with zero attached hydrogens (tertiary/aromatic N) is 1. The van der Waals surface area contributed by atoms with Crippen LogP contribution in [0.2, 0.25) is 0 Å². The van der Waals surface area contributed by atoms with Crippen LogP contribution >= 0.6 is 0 Å². The molecule has 1 aliphatic rings. The van der Waals surface area contributed by atoms with Crippen molar-refractivity contribution >= 4 is 23.0 Å². The van der Waals surface area contributed by atoms with E-state index >= 15 is 0 Å². The van der Waals surface area contributed by atoms with Crippen molar-refractivity contribution in [3.63, 3.8) is 0 Å². The molecule has 0 aromatic heterocycles. The lowest BCUT2D eigenvalue weighted by Gasteiger charge is -2.41. The number of carbonyl (C=O) groups excluding carboxylic acids is 1. The molecule has 2 N–H and O–H groups in total. The first-order valence-electron chi connectivity index (χ1n) is 7.92. The average Bonchev–Trinajstić information content (AvgIpc) is 2.48. The van der Waals surface area contributed by atoms with Crippen LogP contribution in [0.15, 0.2) is 48.5 Å². The minimum absolute atomic E-state index is 0.00126. The first-order valence-corrected chi connectivity index (χ1v) is 7.92. The summed E-state index contributed by atoms with van der Waals surface area (Å²) in [5, 5.41) is 6.50. The Kier molecular flexibility index (Phi) is 3.99. The fourth-order valence-electron chi connectivity index (χ4n) is 2.97. The summed E-state index contributed by atoms with van der Waals surface area (Å²) in [5.74, 6) is 0.00126. The van der Waals surface area contributed by atoms with Crippen LogP contribution in [0.1, 0.15) is 19.4 Å². The minimum atomic E-state index is -0.0709. The van der Waals surface area contributed by atoms with E-state index in [2.05, 4.69) is 41.5 Å². The number of anilines is 3. The second-order valence-electron chi connectivity index (χ2n) is 6.80. The number of aryl methyl sites for hydroxylation is 1. The summed E-state index contributed by atoms with van der Waals surface area (Å²) in [5.41, 5.74) is 4.10. The first kappa shape index (κ1) is 15.4. The SMILES string of the molecule is Cc1ccc(NC(=O)CN2CC(C)(C)Nc3ccccc32)cc1. The average molecular weight is 309 g/mol. The number of nitrogens with one attached hydrogen (secondary N) is 2. The summed E-state index contributed by atoms with van der Waals surface area (Å²) in [4.78, 5) is 14.5. The van der Waals surface area contributed by atoms with Crippen molar-refractivity contribution < 1.29 is 4.79 Å². The Morgan fingerprint density at radius 2 is 1.87 bits per heavy atom. The second-order valence-corrected chi connectivity index (χ2v) is 6.80. The van der Waals surface area contributed by atoms with Gasteiger partial charge in [0.15, 0.2) is 0 Å². The van der Waals surface area contributed by atoms with Crippen molar-refractivity contribution in [2.24, 2.45) is 0 Å². The summed E-state index contributed by atoms with van der Waals surface area (Å²) >= 11 is 0. The Morgan fingerprint density at radius 1 is 1.17 bits per heavy atom. The number of hydrogen-bond donors (Lipinski definition) is 2. The quantitative estimate of drug-likeness (QED) is 0.910. The minimum Gasteiger partial charge on any atom is -0.377 e. The summed E-state index contributed by atoms with van der Waals surface area (Å²) in [7, 11) is 0. The lowest BCUT2D eigenvalue weighted by molar-refractivity contribution is -0.115. The molecule has 0 bridgehead atoms. The Balaban J connectivity index is 1.74. The highest BCUT2D eigenvalue weighted by molar-refractivity contribution is 5.95. The first-order chi connectivity index (χ1) is 10.9. The molecule has 0 fully saturated rings. The number of amides is 1. The van der Waals surface area contributed by atoms with Crippen molar-refractivity contribution in [2.75, 3.05) is 28.6 Å². The van der Waals surface area contributed by atoms with E-state index in [1.54, 1.807) is 0 Å². The van der Waals surface area contributed by atoms with E-state index in [1.807, 2.05) is 43.3 Å². The molecule has 0 saturated carbocycles. The van der Waals surface area contributed by atoms with Gasteiger partial charge in [0, 0.05) is 17.8 Å². The zero-order valence-corrected chi connectivity index (χ0v) is 13.9. The topological polar surface area (TPSA) is 44.4 Å².